The molecule has 0 radical (unpaired) electrons. The quantitative estimate of drug-likeness (QED) is 0.875. The van der Waals surface area contributed by atoms with E-state index in [-0.39, 0.29) is 17.5 Å². The Labute approximate surface area is 115 Å². The highest BCUT2D eigenvalue weighted by molar-refractivity contribution is 5.87. The van der Waals surface area contributed by atoms with Crippen molar-refractivity contribution in [1.29, 1.82) is 0 Å². The molecule has 2 N–H and O–H groups in total. The molecule has 104 valence electrons. The van der Waals surface area contributed by atoms with Crippen molar-refractivity contribution in [2.24, 2.45) is 5.73 Å². The first-order valence-electron chi connectivity index (χ1n) is 6.68. The lowest BCUT2D eigenvalue weighted by molar-refractivity contribution is -0.138. The molecule has 19 heavy (non-hydrogen) atoms. The smallest absolute Gasteiger partial charge is 0.246 e. The Hall–Kier alpha value is -1.55. The molecule has 1 atom stereocenters. The van der Waals surface area contributed by atoms with Gasteiger partial charge in [0.25, 0.3) is 0 Å². The van der Waals surface area contributed by atoms with Gasteiger partial charge >= 0.3 is 0 Å². The minimum atomic E-state index is -0.263. The topological polar surface area (TPSA) is 49.6 Å². The zero-order chi connectivity index (χ0) is 14.2. The molecule has 1 aromatic carbocycles. The summed E-state index contributed by atoms with van der Waals surface area (Å²) in [5, 5.41) is 0. The SMILES string of the molecule is Cc1ccc(N2CC(C)(C)N(C)C(=O)C2CN)cc1. The maximum atomic E-state index is 12.4. The first-order chi connectivity index (χ1) is 8.86. The van der Waals surface area contributed by atoms with Gasteiger partial charge < -0.3 is 15.5 Å². The van der Waals surface area contributed by atoms with Crippen molar-refractivity contribution >= 4 is 11.6 Å². The van der Waals surface area contributed by atoms with Gasteiger partial charge in [0.2, 0.25) is 5.91 Å². The maximum absolute atomic E-state index is 12.4. The molecule has 1 heterocycles. The number of benzene rings is 1. The lowest BCUT2D eigenvalue weighted by atomic mass is 9.95. The van der Waals surface area contributed by atoms with Crippen molar-refractivity contribution in [3.8, 4) is 0 Å². The third-order valence-electron chi connectivity index (χ3n) is 4.05. The highest BCUT2D eigenvalue weighted by Crippen LogP contribution is 2.28. The molecule has 1 aliphatic rings. The number of anilines is 1. The molecule has 4 nitrogen and oxygen atoms in total. The van der Waals surface area contributed by atoms with Crippen LogP contribution in [0, 0.1) is 6.92 Å². The Morgan fingerprint density at radius 2 is 1.89 bits per heavy atom. The molecule has 0 aliphatic carbocycles. The second-order valence-corrected chi connectivity index (χ2v) is 5.92. The predicted molar refractivity (Wildman–Crippen MR) is 78.2 cm³/mol. The fourth-order valence-corrected chi connectivity index (χ4v) is 2.52. The van der Waals surface area contributed by atoms with Crippen LogP contribution in [0.1, 0.15) is 19.4 Å². The second-order valence-electron chi connectivity index (χ2n) is 5.92. The standard InChI is InChI=1S/C15H23N3O/c1-11-5-7-12(8-6-11)18-10-15(2,3)17(4)14(19)13(18)9-16/h5-8,13H,9-10,16H2,1-4H3. The minimum absolute atomic E-state index is 0.0966. The summed E-state index contributed by atoms with van der Waals surface area (Å²) in [6.45, 7) is 7.36. The van der Waals surface area contributed by atoms with Crippen molar-refractivity contribution < 1.29 is 4.79 Å². The Morgan fingerprint density at radius 3 is 2.42 bits per heavy atom. The molecule has 1 aliphatic heterocycles. The Kier molecular flexibility index (Phi) is 3.54. The van der Waals surface area contributed by atoms with Crippen molar-refractivity contribution in [2.75, 3.05) is 25.0 Å². The average Bonchev–Trinajstić information content (AvgIpc) is 2.37. The number of amides is 1. The number of aryl methyl sites for hydroxylation is 1. The van der Waals surface area contributed by atoms with Crippen molar-refractivity contribution in [3.63, 3.8) is 0 Å². The van der Waals surface area contributed by atoms with Crippen molar-refractivity contribution in [1.82, 2.24) is 4.90 Å². The van der Waals surface area contributed by atoms with E-state index in [2.05, 4.69) is 49.9 Å². The lowest BCUT2D eigenvalue weighted by Crippen LogP contribution is -2.67. The first-order valence-corrected chi connectivity index (χ1v) is 6.68. The van der Waals surface area contributed by atoms with Crippen LogP contribution in [0.2, 0.25) is 0 Å². The normalized spacial score (nSPS) is 22.8. The number of likely N-dealkylation sites (N-methyl/N-ethyl adjacent to an activating group) is 1. The molecule has 4 heteroatoms. The van der Waals surface area contributed by atoms with Gasteiger partial charge in [-0.15, -0.1) is 0 Å². The van der Waals surface area contributed by atoms with E-state index in [0.717, 1.165) is 12.2 Å². The van der Waals surface area contributed by atoms with E-state index in [4.69, 9.17) is 5.73 Å². The molecule has 0 bridgehead atoms. The van der Waals surface area contributed by atoms with Crippen LogP contribution in [0.5, 0.6) is 0 Å². The molecule has 0 aromatic heterocycles. The molecule has 1 saturated heterocycles. The molecular weight excluding hydrogens is 238 g/mol. The summed E-state index contributed by atoms with van der Waals surface area (Å²) in [5.74, 6) is 0.0966. The van der Waals surface area contributed by atoms with Gasteiger partial charge in [-0.25, -0.2) is 0 Å². The summed E-state index contributed by atoms with van der Waals surface area (Å²) in [6.07, 6.45) is 0. The predicted octanol–water partition coefficient (Wildman–Crippen LogP) is 1.38. The fourth-order valence-electron chi connectivity index (χ4n) is 2.52. The second kappa shape index (κ2) is 4.85. The summed E-state index contributed by atoms with van der Waals surface area (Å²) in [5.41, 5.74) is 7.91. The molecule has 1 fully saturated rings. The Bertz CT molecular complexity index is 467. The number of rotatable bonds is 2. The van der Waals surface area contributed by atoms with Crippen molar-refractivity contribution in [3.05, 3.63) is 29.8 Å². The van der Waals surface area contributed by atoms with Crippen LogP contribution in [0.3, 0.4) is 0 Å². The molecule has 0 saturated carbocycles. The summed E-state index contributed by atoms with van der Waals surface area (Å²) < 4.78 is 0. The van der Waals surface area contributed by atoms with E-state index in [1.54, 1.807) is 0 Å². The van der Waals surface area contributed by atoms with Crippen LogP contribution in [0.15, 0.2) is 24.3 Å². The van der Waals surface area contributed by atoms with E-state index in [9.17, 15) is 4.79 Å². The summed E-state index contributed by atoms with van der Waals surface area (Å²) >= 11 is 0. The fraction of sp³-hybridized carbons (Fsp3) is 0.533. The van der Waals surface area contributed by atoms with Gasteiger partial charge in [-0.3, -0.25) is 4.79 Å². The third kappa shape index (κ3) is 2.45. The number of carbonyl (C=O) groups is 1. The summed E-state index contributed by atoms with van der Waals surface area (Å²) in [6, 6.07) is 8.00. The summed E-state index contributed by atoms with van der Waals surface area (Å²) in [4.78, 5) is 16.4. The van der Waals surface area contributed by atoms with Crippen LogP contribution >= 0.6 is 0 Å². The van der Waals surface area contributed by atoms with Gasteiger partial charge in [0, 0.05) is 25.8 Å². The number of hydrogen-bond acceptors (Lipinski definition) is 3. The van der Waals surface area contributed by atoms with Gasteiger partial charge in [-0.05, 0) is 32.9 Å². The monoisotopic (exact) mass is 261 g/mol. The molecule has 0 spiro atoms. The lowest BCUT2D eigenvalue weighted by Gasteiger charge is -2.49. The highest BCUT2D eigenvalue weighted by atomic mass is 16.2. The van der Waals surface area contributed by atoms with E-state index in [1.807, 2.05) is 11.9 Å². The van der Waals surface area contributed by atoms with Gasteiger partial charge in [0.1, 0.15) is 6.04 Å². The zero-order valence-corrected chi connectivity index (χ0v) is 12.2. The largest absolute Gasteiger partial charge is 0.356 e. The van der Waals surface area contributed by atoms with Crippen molar-refractivity contribution in [2.45, 2.75) is 32.4 Å². The molecule has 1 amide bonds. The van der Waals surface area contributed by atoms with Crippen LogP contribution < -0.4 is 10.6 Å². The van der Waals surface area contributed by atoms with Gasteiger partial charge in [-0.2, -0.15) is 0 Å². The molecular formula is C15H23N3O. The van der Waals surface area contributed by atoms with E-state index >= 15 is 0 Å². The maximum Gasteiger partial charge on any atom is 0.246 e. The Balaban J connectivity index is 2.37. The number of nitrogens with zero attached hydrogens (tertiary/aromatic N) is 2. The highest BCUT2D eigenvalue weighted by Gasteiger charge is 2.42. The molecule has 1 unspecified atom stereocenters. The Morgan fingerprint density at radius 1 is 1.32 bits per heavy atom. The van der Waals surface area contributed by atoms with Gasteiger partial charge in [0.05, 0.1) is 5.54 Å². The third-order valence-corrected chi connectivity index (χ3v) is 4.05. The van der Waals surface area contributed by atoms with Crippen LogP contribution in [-0.2, 0) is 4.79 Å². The number of nitrogens with two attached hydrogens (primary N) is 1. The van der Waals surface area contributed by atoms with E-state index < -0.39 is 0 Å². The zero-order valence-electron chi connectivity index (χ0n) is 12.2. The molecule has 1 aromatic rings. The molecule has 2 rings (SSSR count). The number of hydrogen-bond donors (Lipinski definition) is 1. The number of piperazine rings is 1. The van der Waals surface area contributed by atoms with E-state index in [0.29, 0.717) is 6.54 Å². The minimum Gasteiger partial charge on any atom is -0.356 e. The first kappa shape index (κ1) is 13.9. The van der Waals surface area contributed by atoms with Gasteiger partial charge in [-0.1, -0.05) is 17.7 Å². The average molecular weight is 261 g/mol. The van der Waals surface area contributed by atoms with Crippen LogP contribution in [0.4, 0.5) is 5.69 Å². The van der Waals surface area contributed by atoms with Gasteiger partial charge in [0.15, 0.2) is 0 Å². The van der Waals surface area contributed by atoms with Crippen LogP contribution in [0.25, 0.3) is 0 Å². The van der Waals surface area contributed by atoms with E-state index in [1.165, 1.54) is 5.56 Å². The summed E-state index contributed by atoms with van der Waals surface area (Å²) in [7, 11) is 1.86. The van der Waals surface area contributed by atoms with Crippen LogP contribution in [-0.4, -0.2) is 42.5 Å². The number of carbonyl (C=O) groups excluding carboxylic acids is 1.